The number of hydrogen-bond acceptors (Lipinski definition) is 6. The fraction of sp³-hybridized carbons (Fsp3) is 0.143. The maximum atomic E-state index is 12.1. The smallest absolute Gasteiger partial charge is 0.261 e. The van der Waals surface area contributed by atoms with Crippen molar-refractivity contribution in [1.82, 2.24) is 4.98 Å². The van der Waals surface area contributed by atoms with Crippen molar-refractivity contribution in [1.29, 1.82) is 0 Å². The number of carbonyl (C=O) groups excluding carboxylic acids is 1. The van der Waals surface area contributed by atoms with Crippen molar-refractivity contribution in [3.05, 3.63) is 34.8 Å². The first-order valence-electron chi connectivity index (χ1n) is 5.88. The Bertz CT molecular complexity index is 715. The maximum Gasteiger partial charge on any atom is 0.261 e. The molecule has 1 heterocycles. The van der Waals surface area contributed by atoms with Gasteiger partial charge in [0.05, 0.1) is 23.7 Å². The number of rotatable bonds is 3. The van der Waals surface area contributed by atoms with E-state index < -0.39 is 5.91 Å². The molecule has 1 aromatic carbocycles. The van der Waals surface area contributed by atoms with Gasteiger partial charge in [0.1, 0.15) is 6.61 Å². The number of benzene rings is 1. The Balaban J connectivity index is 2.16. The van der Waals surface area contributed by atoms with Crippen molar-refractivity contribution < 1.29 is 19.7 Å². The van der Waals surface area contributed by atoms with Crippen molar-refractivity contribution >= 4 is 22.4 Å². The van der Waals surface area contributed by atoms with Crippen molar-refractivity contribution in [2.75, 3.05) is 19.0 Å². The third kappa shape index (κ3) is 3.51. The average Bonchev–Trinajstić information content (AvgIpc) is 2.92. The summed E-state index contributed by atoms with van der Waals surface area (Å²) in [5.74, 6) is 4.68. The molecular formula is C14H12N2O4S. The third-order valence-electron chi connectivity index (χ3n) is 2.48. The van der Waals surface area contributed by atoms with E-state index in [9.17, 15) is 9.90 Å². The van der Waals surface area contributed by atoms with Gasteiger partial charge in [-0.25, -0.2) is 4.98 Å². The summed E-state index contributed by atoms with van der Waals surface area (Å²) in [4.78, 5) is 16.7. The molecule has 0 aliphatic rings. The van der Waals surface area contributed by atoms with Gasteiger partial charge in [0.15, 0.2) is 16.6 Å². The summed E-state index contributed by atoms with van der Waals surface area (Å²) in [6.07, 6.45) is 1.49. The number of aromatic hydroxyl groups is 1. The summed E-state index contributed by atoms with van der Waals surface area (Å²) in [6.45, 7) is -0.239. The van der Waals surface area contributed by atoms with E-state index >= 15 is 0 Å². The van der Waals surface area contributed by atoms with E-state index in [1.165, 1.54) is 30.7 Å². The number of nitrogens with one attached hydrogen (secondary N) is 1. The maximum absolute atomic E-state index is 12.1. The van der Waals surface area contributed by atoms with Crippen molar-refractivity contribution in [3.63, 3.8) is 0 Å². The third-order valence-corrected chi connectivity index (χ3v) is 3.31. The molecule has 2 aromatic rings. The number of aromatic nitrogens is 1. The molecule has 1 amide bonds. The highest BCUT2D eigenvalue weighted by Gasteiger charge is 2.15. The van der Waals surface area contributed by atoms with Crippen molar-refractivity contribution in [2.24, 2.45) is 0 Å². The first-order valence-corrected chi connectivity index (χ1v) is 6.70. The molecular weight excluding hydrogens is 292 g/mol. The monoisotopic (exact) mass is 304 g/mol. The highest BCUT2D eigenvalue weighted by atomic mass is 32.1. The number of anilines is 1. The predicted octanol–water partition coefficient (Wildman–Crippen LogP) is 1.45. The predicted molar refractivity (Wildman–Crippen MR) is 78.7 cm³/mol. The Labute approximate surface area is 125 Å². The van der Waals surface area contributed by atoms with Gasteiger partial charge in [-0.05, 0) is 12.1 Å². The quantitative estimate of drug-likeness (QED) is 0.747. The normalized spacial score (nSPS) is 9.62. The molecule has 0 unspecified atom stereocenters. The number of aliphatic hydroxyl groups is 1. The van der Waals surface area contributed by atoms with E-state index in [-0.39, 0.29) is 23.7 Å². The summed E-state index contributed by atoms with van der Waals surface area (Å²) in [5.41, 5.74) is 0.0903. The average molecular weight is 304 g/mol. The number of methoxy groups -OCH3 is 1. The molecule has 2 rings (SSSR count). The zero-order chi connectivity index (χ0) is 15.2. The van der Waals surface area contributed by atoms with Gasteiger partial charge in [-0.1, -0.05) is 29.2 Å². The molecule has 0 radical (unpaired) electrons. The summed E-state index contributed by atoms with van der Waals surface area (Å²) in [5, 5.41) is 21.4. The highest BCUT2D eigenvalue weighted by Crippen LogP contribution is 2.30. The number of hydrogen-bond donors (Lipinski definition) is 3. The number of thiazole rings is 1. The van der Waals surface area contributed by atoms with E-state index in [1.54, 1.807) is 12.1 Å². The van der Waals surface area contributed by atoms with Crippen LogP contribution in [0.3, 0.4) is 0 Å². The standard InChI is InChI=1S/C14H12N2O4S/c1-20-11-6-2-5-10(12(11)18)13(19)16-14-15-8-9(21-14)4-3-7-17/h2,5-6,8,17-18H,7H2,1H3,(H,15,16,19). The van der Waals surface area contributed by atoms with Crippen LogP contribution < -0.4 is 10.1 Å². The molecule has 3 N–H and O–H groups in total. The van der Waals surface area contributed by atoms with E-state index in [0.717, 1.165) is 0 Å². The highest BCUT2D eigenvalue weighted by molar-refractivity contribution is 7.16. The van der Waals surface area contributed by atoms with Crippen molar-refractivity contribution in [3.8, 4) is 23.3 Å². The second-order valence-corrected chi connectivity index (χ2v) is 4.83. The lowest BCUT2D eigenvalue weighted by atomic mass is 10.2. The van der Waals surface area contributed by atoms with Gasteiger partial charge >= 0.3 is 0 Å². The van der Waals surface area contributed by atoms with Crippen LogP contribution in [0.25, 0.3) is 0 Å². The van der Waals surface area contributed by atoms with Crippen LogP contribution in [0.15, 0.2) is 24.4 Å². The minimum absolute atomic E-state index is 0.0903. The second-order valence-electron chi connectivity index (χ2n) is 3.80. The summed E-state index contributed by atoms with van der Waals surface area (Å²) in [7, 11) is 1.41. The van der Waals surface area contributed by atoms with Crippen LogP contribution in [0.4, 0.5) is 5.13 Å². The fourth-order valence-electron chi connectivity index (χ4n) is 1.55. The summed E-state index contributed by atoms with van der Waals surface area (Å²) >= 11 is 1.17. The number of phenols is 1. The van der Waals surface area contributed by atoms with E-state index in [1.807, 2.05) is 0 Å². The topological polar surface area (TPSA) is 91.7 Å². The summed E-state index contributed by atoms with van der Waals surface area (Å²) < 4.78 is 4.95. The Hall–Kier alpha value is -2.56. The first-order chi connectivity index (χ1) is 10.2. The lowest BCUT2D eigenvalue weighted by Gasteiger charge is -2.07. The zero-order valence-electron chi connectivity index (χ0n) is 11.1. The van der Waals surface area contributed by atoms with Crippen LogP contribution in [-0.2, 0) is 0 Å². The minimum atomic E-state index is -0.498. The van der Waals surface area contributed by atoms with Gasteiger partial charge < -0.3 is 14.9 Å². The van der Waals surface area contributed by atoms with Crippen LogP contribution >= 0.6 is 11.3 Å². The summed E-state index contributed by atoms with van der Waals surface area (Å²) in [6, 6.07) is 4.64. The lowest BCUT2D eigenvalue weighted by molar-refractivity contribution is 0.102. The van der Waals surface area contributed by atoms with E-state index in [4.69, 9.17) is 9.84 Å². The fourth-order valence-corrected chi connectivity index (χ4v) is 2.24. The SMILES string of the molecule is COc1cccc(C(=O)Nc2ncc(C#CCO)s2)c1O. The van der Waals surface area contributed by atoms with E-state index in [0.29, 0.717) is 10.0 Å². The molecule has 0 saturated heterocycles. The molecule has 6 nitrogen and oxygen atoms in total. The first kappa shape index (κ1) is 14.8. The van der Waals surface area contributed by atoms with Gasteiger partial charge in [0, 0.05) is 0 Å². The molecule has 1 aromatic heterocycles. The Morgan fingerprint density at radius 1 is 1.52 bits per heavy atom. The molecule has 0 aliphatic carbocycles. The van der Waals surface area contributed by atoms with Crippen LogP contribution in [0.2, 0.25) is 0 Å². The Morgan fingerprint density at radius 2 is 2.33 bits per heavy atom. The van der Waals surface area contributed by atoms with Gasteiger partial charge in [-0.3, -0.25) is 10.1 Å². The van der Waals surface area contributed by atoms with E-state index in [2.05, 4.69) is 22.1 Å². The minimum Gasteiger partial charge on any atom is -0.504 e. The second kappa shape index (κ2) is 6.74. The Kier molecular flexibility index (Phi) is 4.77. The number of amides is 1. The van der Waals surface area contributed by atoms with Gasteiger partial charge in [-0.15, -0.1) is 0 Å². The largest absolute Gasteiger partial charge is 0.504 e. The van der Waals surface area contributed by atoms with Crippen LogP contribution in [-0.4, -0.2) is 34.8 Å². The number of nitrogens with zero attached hydrogens (tertiary/aromatic N) is 1. The molecule has 0 bridgehead atoms. The Morgan fingerprint density at radius 3 is 3.05 bits per heavy atom. The zero-order valence-corrected chi connectivity index (χ0v) is 11.9. The number of carbonyl (C=O) groups is 1. The van der Waals surface area contributed by atoms with Crippen molar-refractivity contribution in [2.45, 2.75) is 0 Å². The number of aliphatic hydroxyl groups excluding tert-OH is 1. The molecule has 7 heteroatoms. The van der Waals surface area contributed by atoms with Crippen LogP contribution in [0, 0.1) is 11.8 Å². The number of para-hydroxylation sites is 1. The van der Waals surface area contributed by atoms with Crippen LogP contribution in [0.1, 0.15) is 15.2 Å². The number of ether oxygens (including phenoxy) is 1. The van der Waals surface area contributed by atoms with Crippen LogP contribution in [0.5, 0.6) is 11.5 Å². The molecule has 0 spiro atoms. The molecule has 108 valence electrons. The van der Waals surface area contributed by atoms with Gasteiger partial charge in [0.2, 0.25) is 0 Å². The molecule has 0 fully saturated rings. The van der Waals surface area contributed by atoms with Gasteiger partial charge in [0.25, 0.3) is 5.91 Å². The van der Waals surface area contributed by atoms with Gasteiger partial charge in [-0.2, -0.15) is 0 Å². The molecule has 21 heavy (non-hydrogen) atoms. The molecule has 0 atom stereocenters. The number of phenolic OH excluding ortho intramolecular Hbond substituents is 1. The molecule has 0 aliphatic heterocycles. The lowest BCUT2D eigenvalue weighted by Crippen LogP contribution is -2.12. The molecule has 0 saturated carbocycles.